The van der Waals surface area contributed by atoms with Crippen molar-refractivity contribution in [3.05, 3.63) is 0 Å². The Bertz CT molecular complexity index is 203. The molecule has 0 aromatic carbocycles. The van der Waals surface area contributed by atoms with Gasteiger partial charge in [0.05, 0.1) is 11.4 Å². The lowest BCUT2D eigenvalue weighted by Gasteiger charge is -2.40. The first-order chi connectivity index (χ1) is 6.35. The maximum absolute atomic E-state index is 5.52. The molecule has 0 spiro atoms. The second kappa shape index (κ2) is 3.66. The van der Waals surface area contributed by atoms with Gasteiger partial charge in [-0.2, -0.15) is 0 Å². The fourth-order valence-electron chi connectivity index (χ4n) is 1.97. The lowest BCUT2D eigenvalue weighted by molar-refractivity contribution is -0.0665. The number of nitrogens with one attached hydrogen (secondary N) is 1. The monoisotopic (exact) mass is 182 g/mol. The first-order valence-electron chi connectivity index (χ1n) is 5.17. The Morgan fingerprint density at radius 3 is 2.77 bits per heavy atom. The van der Waals surface area contributed by atoms with E-state index in [0.29, 0.717) is 0 Å². The van der Waals surface area contributed by atoms with Gasteiger partial charge in [-0.3, -0.25) is 4.99 Å². The van der Waals surface area contributed by atoms with Crippen LogP contribution >= 0.6 is 0 Å². The Balaban J connectivity index is 1.77. The minimum absolute atomic E-state index is 0.130. The fraction of sp³-hybridized carbons (Fsp3) is 0.900. The van der Waals surface area contributed by atoms with Crippen LogP contribution in [0.1, 0.15) is 32.1 Å². The van der Waals surface area contributed by atoms with Crippen molar-refractivity contribution in [2.24, 2.45) is 4.99 Å². The molecule has 1 saturated carbocycles. The highest BCUT2D eigenvalue weighted by Crippen LogP contribution is 2.34. The number of nitrogens with zero attached hydrogens (tertiary/aromatic N) is 1. The molecule has 0 amide bonds. The van der Waals surface area contributed by atoms with Gasteiger partial charge in [0.2, 0.25) is 0 Å². The van der Waals surface area contributed by atoms with Gasteiger partial charge >= 0.3 is 0 Å². The van der Waals surface area contributed by atoms with Crippen LogP contribution in [0.3, 0.4) is 0 Å². The molecule has 3 nitrogen and oxygen atoms in total. The number of aliphatic imine (C=N–C) groups is 1. The predicted molar refractivity (Wildman–Crippen MR) is 53.1 cm³/mol. The quantitative estimate of drug-likeness (QED) is 0.714. The smallest absolute Gasteiger partial charge is 0.0964 e. The van der Waals surface area contributed by atoms with Crippen LogP contribution in [0.5, 0.6) is 0 Å². The summed E-state index contributed by atoms with van der Waals surface area (Å²) < 4.78 is 5.52. The molecule has 13 heavy (non-hydrogen) atoms. The standard InChI is InChI=1S/C10H18N2O/c1-13-10(5-3-6-10)8-12-9-4-2-7-11-9/h2-8H2,1H3,(H,11,12). The van der Waals surface area contributed by atoms with Gasteiger partial charge < -0.3 is 10.1 Å². The van der Waals surface area contributed by atoms with Gasteiger partial charge in [-0.15, -0.1) is 0 Å². The molecule has 0 aromatic heterocycles. The molecular weight excluding hydrogens is 164 g/mol. The summed E-state index contributed by atoms with van der Waals surface area (Å²) in [7, 11) is 1.82. The number of rotatable bonds is 3. The van der Waals surface area contributed by atoms with E-state index in [2.05, 4.69) is 10.3 Å². The summed E-state index contributed by atoms with van der Waals surface area (Å²) >= 11 is 0. The largest absolute Gasteiger partial charge is 0.376 e. The molecule has 1 fully saturated rings. The maximum Gasteiger partial charge on any atom is 0.0964 e. The zero-order chi connectivity index (χ0) is 9.15. The van der Waals surface area contributed by atoms with Crippen molar-refractivity contribution in [3.63, 3.8) is 0 Å². The Morgan fingerprint density at radius 2 is 2.31 bits per heavy atom. The minimum atomic E-state index is 0.130. The topological polar surface area (TPSA) is 33.6 Å². The zero-order valence-electron chi connectivity index (χ0n) is 8.31. The normalized spacial score (nSPS) is 25.2. The maximum atomic E-state index is 5.52. The molecule has 1 heterocycles. The number of hydrogen-bond donors (Lipinski definition) is 1. The summed E-state index contributed by atoms with van der Waals surface area (Å²) in [5, 5.41) is 3.40. The van der Waals surface area contributed by atoms with E-state index >= 15 is 0 Å². The summed E-state index contributed by atoms with van der Waals surface area (Å²) in [5.74, 6) is 1.18. The molecule has 0 saturated heterocycles. The van der Waals surface area contributed by atoms with Gasteiger partial charge in [-0.25, -0.2) is 0 Å². The number of hydrogen-bond acceptors (Lipinski definition) is 3. The Labute approximate surface area is 79.6 Å². The van der Waals surface area contributed by atoms with Crippen LogP contribution in [0.2, 0.25) is 0 Å². The molecule has 0 aromatic rings. The van der Waals surface area contributed by atoms with Crippen LogP contribution in [0.4, 0.5) is 0 Å². The molecule has 0 atom stereocenters. The van der Waals surface area contributed by atoms with Gasteiger partial charge in [0.25, 0.3) is 0 Å². The van der Waals surface area contributed by atoms with Crippen molar-refractivity contribution in [1.82, 2.24) is 5.32 Å². The van der Waals surface area contributed by atoms with Crippen LogP contribution < -0.4 is 5.32 Å². The van der Waals surface area contributed by atoms with E-state index in [4.69, 9.17) is 4.74 Å². The number of amidine groups is 1. The first-order valence-corrected chi connectivity index (χ1v) is 5.17. The Hall–Kier alpha value is -0.570. The van der Waals surface area contributed by atoms with Crippen molar-refractivity contribution in [2.75, 3.05) is 20.2 Å². The van der Waals surface area contributed by atoms with E-state index in [1.807, 2.05) is 7.11 Å². The molecule has 1 aliphatic heterocycles. The summed E-state index contributed by atoms with van der Waals surface area (Å²) in [4.78, 5) is 4.38. The fourth-order valence-corrected chi connectivity index (χ4v) is 1.97. The van der Waals surface area contributed by atoms with Gasteiger partial charge in [0.15, 0.2) is 0 Å². The molecule has 2 rings (SSSR count). The van der Waals surface area contributed by atoms with E-state index in [0.717, 1.165) is 19.5 Å². The highest BCUT2D eigenvalue weighted by Gasteiger charge is 2.36. The number of methoxy groups -OCH3 is 1. The van der Waals surface area contributed by atoms with Gasteiger partial charge in [-0.1, -0.05) is 0 Å². The first kappa shape index (κ1) is 9.00. The van der Waals surface area contributed by atoms with E-state index in [-0.39, 0.29) is 5.60 Å². The van der Waals surface area contributed by atoms with E-state index in [1.54, 1.807) is 0 Å². The van der Waals surface area contributed by atoms with Gasteiger partial charge in [0.1, 0.15) is 0 Å². The minimum Gasteiger partial charge on any atom is -0.376 e. The number of ether oxygens (including phenoxy) is 1. The second-order valence-electron chi connectivity index (χ2n) is 4.03. The molecule has 2 aliphatic rings. The predicted octanol–water partition coefficient (Wildman–Crippen LogP) is 1.34. The van der Waals surface area contributed by atoms with Crippen LogP contribution in [-0.2, 0) is 4.74 Å². The molecule has 3 heteroatoms. The van der Waals surface area contributed by atoms with E-state index in [9.17, 15) is 0 Å². The third-order valence-corrected chi connectivity index (χ3v) is 3.19. The molecule has 1 aliphatic carbocycles. The third kappa shape index (κ3) is 1.85. The molecule has 74 valence electrons. The SMILES string of the molecule is COC1(CNC2=NCCC2)CCC1. The van der Waals surface area contributed by atoms with E-state index < -0.39 is 0 Å². The summed E-state index contributed by atoms with van der Waals surface area (Å²) in [6, 6.07) is 0. The molecule has 0 radical (unpaired) electrons. The molecule has 0 bridgehead atoms. The van der Waals surface area contributed by atoms with Crippen molar-refractivity contribution in [2.45, 2.75) is 37.7 Å². The highest BCUT2D eigenvalue weighted by atomic mass is 16.5. The summed E-state index contributed by atoms with van der Waals surface area (Å²) in [5.41, 5.74) is 0.130. The van der Waals surface area contributed by atoms with Crippen LogP contribution in [0.15, 0.2) is 4.99 Å². The van der Waals surface area contributed by atoms with Gasteiger partial charge in [-0.05, 0) is 25.7 Å². The average Bonchev–Trinajstić information content (AvgIpc) is 2.56. The zero-order valence-corrected chi connectivity index (χ0v) is 8.31. The van der Waals surface area contributed by atoms with Gasteiger partial charge in [0, 0.05) is 26.6 Å². The summed E-state index contributed by atoms with van der Waals surface area (Å²) in [6.45, 7) is 1.95. The van der Waals surface area contributed by atoms with Crippen LogP contribution in [0.25, 0.3) is 0 Å². The lowest BCUT2D eigenvalue weighted by Crippen LogP contribution is -2.49. The molecule has 0 unspecified atom stereocenters. The average molecular weight is 182 g/mol. The van der Waals surface area contributed by atoms with Crippen LogP contribution in [-0.4, -0.2) is 31.6 Å². The van der Waals surface area contributed by atoms with E-state index in [1.165, 1.54) is 31.5 Å². The third-order valence-electron chi connectivity index (χ3n) is 3.19. The highest BCUT2D eigenvalue weighted by molar-refractivity contribution is 5.83. The molecular formula is C10H18N2O. The molecule has 1 N–H and O–H groups in total. The van der Waals surface area contributed by atoms with Crippen molar-refractivity contribution in [1.29, 1.82) is 0 Å². The van der Waals surface area contributed by atoms with Crippen molar-refractivity contribution >= 4 is 5.84 Å². The second-order valence-corrected chi connectivity index (χ2v) is 4.03. The van der Waals surface area contributed by atoms with Crippen molar-refractivity contribution < 1.29 is 4.74 Å². The van der Waals surface area contributed by atoms with Crippen molar-refractivity contribution in [3.8, 4) is 0 Å². The lowest BCUT2D eigenvalue weighted by atomic mass is 9.80. The summed E-state index contributed by atoms with van der Waals surface area (Å²) in [6.07, 6.45) is 6.04. The Kier molecular flexibility index (Phi) is 2.54. The van der Waals surface area contributed by atoms with Crippen LogP contribution in [0, 0.1) is 0 Å². The Morgan fingerprint density at radius 1 is 1.46 bits per heavy atom.